The summed E-state index contributed by atoms with van der Waals surface area (Å²) in [7, 11) is 0. The zero-order valence-electron chi connectivity index (χ0n) is 19.9. The number of nitrogens with zero attached hydrogens (tertiary/aromatic N) is 1. The largest absolute Gasteiger partial charge is 0.483 e. The predicted molar refractivity (Wildman–Crippen MR) is 127 cm³/mol. The third kappa shape index (κ3) is 7.04. The van der Waals surface area contributed by atoms with E-state index in [0.717, 1.165) is 42.4 Å². The quantitative estimate of drug-likeness (QED) is 0.575. The second-order valence-corrected chi connectivity index (χ2v) is 8.97. The minimum atomic E-state index is -0.618. The molecule has 0 aromatic heterocycles. The second-order valence-electron chi connectivity index (χ2n) is 8.97. The van der Waals surface area contributed by atoms with E-state index >= 15 is 0 Å². The minimum Gasteiger partial charge on any atom is -0.483 e. The van der Waals surface area contributed by atoms with E-state index in [1.54, 1.807) is 17.0 Å². The Morgan fingerprint density at radius 2 is 1.79 bits per heavy atom. The maximum Gasteiger partial charge on any atom is 0.261 e. The third-order valence-electron chi connectivity index (χ3n) is 6.29. The molecule has 6 heteroatoms. The highest BCUT2D eigenvalue weighted by atomic mass is 19.1. The summed E-state index contributed by atoms with van der Waals surface area (Å²) in [4.78, 5) is 28.1. The monoisotopic (exact) mass is 454 g/mol. The molecular formula is C27H35FN2O3. The molecule has 1 aliphatic rings. The molecule has 0 bridgehead atoms. The molecule has 1 atom stereocenters. The number of hydrogen-bond donors (Lipinski definition) is 1. The summed E-state index contributed by atoms with van der Waals surface area (Å²) in [5, 5.41) is 3.16. The smallest absolute Gasteiger partial charge is 0.261 e. The van der Waals surface area contributed by atoms with Crippen LogP contribution in [0.2, 0.25) is 0 Å². The summed E-state index contributed by atoms with van der Waals surface area (Å²) in [5.41, 5.74) is 2.84. The molecule has 2 aromatic carbocycles. The molecule has 2 aromatic rings. The van der Waals surface area contributed by atoms with Gasteiger partial charge in [0.05, 0.1) is 0 Å². The average molecular weight is 455 g/mol. The van der Waals surface area contributed by atoms with Gasteiger partial charge in [0.25, 0.3) is 5.91 Å². The van der Waals surface area contributed by atoms with Crippen LogP contribution in [0.15, 0.2) is 42.5 Å². The Morgan fingerprint density at radius 3 is 2.42 bits per heavy atom. The Hall–Kier alpha value is -2.89. The van der Waals surface area contributed by atoms with Crippen LogP contribution >= 0.6 is 0 Å². The zero-order chi connectivity index (χ0) is 23.8. The average Bonchev–Trinajstić information content (AvgIpc) is 2.80. The fraction of sp³-hybridized carbons (Fsp3) is 0.481. The van der Waals surface area contributed by atoms with Crippen molar-refractivity contribution in [2.24, 2.45) is 0 Å². The number of aryl methyl sites for hydroxylation is 2. The molecule has 5 nitrogen and oxygen atoms in total. The van der Waals surface area contributed by atoms with E-state index in [1.165, 1.54) is 18.6 Å². The number of ether oxygens (including phenoxy) is 1. The SMILES string of the molecule is CC[C@H](C(=O)NC1CCCCC1)N(Cc1ccc(F)cc1)C(=O)COc1ccc(C)cc1C. The topological polar surface area (TPSA) is 58.6 Å². The number of nitrogens with one attached hydrogen (secondary N) is 1. The molecule has 2 amide bonds. The molecule has 1 fully saturated rings. The lowest BCUT2D eigenvalue weighted by Gasteiger charge is -2.32. The van der Waals surface area contributed by atoms with E-state index < -0.39 is 6.04 Å². The van der Waals surface area contributed by atoms with Gasteiger partial charge in [-0.05, 0) is 62.4 Å². The Balaban J connectivity index is 1.76. The number of hydrogen-bond acceptors (Lipinski definition) is 3. The molecular weight excluding hydrogens is 419 g/mol. The Kier molecular flexibility index (Phi) is 8.87. The van der Waals surface area contributed by atoms with Gasteiger partial charge in [-0.2, -0.15) is 0 Å². The van der Waals surface area contributed by atoms with Gasteiger partial charge >= 0.3 is 0 Å². The molecule has 0 heterocycles. The summed E-state index contributed by atoms with van der Waals surface area (Å²) in [6, 6.07) is 11.4. The lowest BCUT2D eigenvalue weighted by molar-refractivity contribution is -0.143. The summed E-state index contributed by atoms with van der Waals surface area (Å²) in [6.45, 7) is 5.89. The van der Waals surface area contributed by atoms with Crippen LogP contribution in [-0.4, -0.2) is 35.4 Å². The van der Waals surface area contributed by atoms with Crippen LogP contribution in [0.1, 0.15) is 62.1 Å². The fourth-order valence-electron chi connectivity index (χ4n) is 4.43. The Morgan fingerprint density at radius 1 is 1.09 bits per heavy atom. The molecule has 0 unspecified atom stereocenters. The standard InChI is InChI=1S/C27H35FN2O3/c1-4-24(27(32)29-23-8-6-5-7-9-23)30(17-21-11-13-22(28)14-12-21)26(31)18-33-25-15-10-19(2)16-20(25)3/h10-16,23-24H,4-9,17-18H2,1-3H3,(H,29,32)/t24-/m1/s1. The first-order chi connectivity index (χ1) is 15.9. The molecule has 0 saturated heterocycles. The van der Waals surface area contributed by atoms with Gasteiger partial charge in [-0.3, -0.25) is 9.59 Å². The van der Waals surface area contributed by atoms with Crippen molar-refractivity contribution >= 4 is 11.8 Å². The highest BCUT2D eigenvalue weighted by Gasteiger charge is 2.30. The van der Waals surface area contributed by atoms with E-state index in [2.05, 4.69) is 5.32 Å². The number of amides is 2. The van der Waals surface area contributed by atoms with Crippen molar-refractivity contribution in [2.45, 2.75) is 77.9 Å². The summed E-state index contributed by atoms with van der Waals surface area (Å²) >= 11 is 0. The molecule has 1 aliphatic carbocycles. The maximum absolute atomic E-state index is 13.4. The van der Waals surface area contributed by atoms with Gasteiger partial charge in [0.1, 0.15) is 17.6 Å². The number of benzene rings is 2. The number of rotatable bonds is 9. The van der Waals surface area contributed by atoms with Gasteiger partial charge in [0, 0.05) is 12.6 Å². The van der Waals surface area contributed by atoms with Crippen molar-refractivity contribution in [3.8, 4) is 5.75 Å². The highest BCUT2D eigenvalue weighted by molar-refractivity contribution is 5.88. The van der Waals surface area contributed by atoms with Crippen LogP contribution in [0.5, 0.6) is 5.75 Å². The van der Waals surface area contributed by atoms with Crippen molar-refractivity contribution in [3.05, 3.63) is 65.0 Å². The van der Waals surface area contributed by atoms with Crippen LogP contribution in [0.25, 0.3) is 0 Å². The first-order valence-corrected chi connectivity index (χ1v) is 11.9. The van der Waals surface area contributed by atoms with Gasteiger partial charge < -0.3 is 15.0 Å². The van der Waals surface area contributed by atoms with E-state index in [9.17, 15) is 14.0 Å². The number of carbonyl (C=O) groups excluding carboxylic acids is 2. The van der Waals surface area contributed by atoms with Crippen LogP contribution in [-0.2, 0) is 16.1 Å². The lowest BCUT2D eigenvalue weighted by Crippen LogP contribution is -2.52. The molecule has 33 heavy (non-hydrogen) atoms. The zero-order valence-corrected chi connectivity index (χ0v) is 19.9. The molecule has 0 aliphatic heterocycles. The summed E-state index contributed by atoms with van der Waals surface area (Å²) in [6.07, 6.45) is 5.87. The maximum atomic E-state index is 13.4. The van der Waals surface area contributed by atoms with Crippen molar-refractivity contribution in [1.82, 2.24) is 10.2 Å². The van der Waals surface area contributed by atoms with Gasteiger partial charge in [0.2, 0.25) is 5.91 Å². The second kappa shape index (κ2) is 11.8. The predicted octanol–water partition coefficient (Wildman–Crippen LogP) is 5.08. The van der Waals surface area contributed by atoms with Crippen LogP contribution in [0.3, 0.4) is 0 Å². The van der Waals surface area contributed by atoms with Gasteiger partial charge in [-0.15, -0.1) is 0 Å². The van der Waals surface area contributed by atoms with Gasteiger partial charge in [-0.25, -0.2) is 4.39 Å². The molecule has 0 radical (unpaired) electrons. The molecule has 1 saturated carbocycles. The first kappa shape index (κ1) is 24.7. The lowest BCUT2D eigenvalue weighted by atomic mass is 9.95. The molecule has 1 N–H and O–H groups in total. The van der Waals surface area contributed by atoms with Crippen molar-refractivity contribution in [3.63, 3.8) is 0 Å². The first-order valence-electron chi connectivity index (χ1n) is 11.9. The molecule has 0 spiro atoms. The van der Waals surface area contributed by atoms with Crippen molar-refractivity contribution < 1.29 is 18.7 Å². The summed E-state index contributed by atoms with van der Waals surface area (Å²) < 4.78 is 19.2. The Bertz CT molecular complexity index is 939. The van der Waals surface area contributed by atoms with Crippen LogP contribution < -0.4 is 10.1 Å². The van der Waals surface area contributed by atoms with E-state index in [-0.39, 0.29) is 36.8 Å². The van der Waals surface area contributed by atoms with E-state index in [0.29, 0.717) is 12.2 Å². The van der Waals surface area contributed by atoms with Crippen LogP contribution in [0.4, 0.5) is 4.39 Å². The van der Waals surface area contributed by atoms with Gasteiger partial charge in [-0.1, -0.05) is 56.0 Å². The van der Waals surface area contributed by atoms with Crippen molar-refractivity contribution in [2.75, 3.05) is 6.61 Å². The number of halogens is 1. The fourth-order valence-corrected chi connectivity index (χ4v) is 4.43. The molecule has 178 valence electrons. The molecule has 3 rings (SSSR count). The minimum absolute atomic E-state index is 0.133. The van der Waals surface area contributed by atoms with E-state index in [1.807, 2.05) is 39.0 Å². The van der Waals surface area contributed by atoms with E-state index in [4.69, 9.17) is 4.74 Å². The number of carbonyl (C=O) groups is 2. The van der Waals surface area contributed by atoms with Gasteiger partial charge in [0.15, 0.2) is 6.61 Å². The third-order valence-corrected chi connectivity index (χ3v) is 6.29. The normalized spacial score (nSPS) is 15.0. The highest BCUT2D eigenvalue weighted by Crippen LogP contribution is 2.21. The van der Waals surface area contributed by atoms with Crippen molar-refractivity contribution in [1.29, 1.82) is 0 Å². The summed E-state index contributed by atoms with van der Waals surface area (Å²) in [5.74, 6) is -0.0939. The van der Waals surface area contributed by atoms with Crippen LogP contribution in [0, 0.1) is 19.7 Å². The Labute approximate surface area is 196 Å².